The van der Waals surface area contributed by atoms with Crippen molar-refractivity contribution in [3.8, 4) is 0 Å². The molecule has 0 amide bonds. The van der Waals surface area contributed by atoms with E-state index in [-0.39, 0.29) is 19.2 Å². The standard InChI is InChI=1S/C13H16ClF2NO3S/c1-20-7-6-17(9-2-3-9)21(18,19)12-5-4-11(15)10(8-14)13(12)16/h4-5,9H,2-3,6-8H2,1H3. The molecule has 1 aliphatic carbocycles. The van der Waals surface area contributed by atoms with Gasteiger partial charge in [-0.3, -0.25) is 0 Å². The molecule has 2 rings (SSSR count). The van der Waals surface area contributed by atoms with Crippen molar-refractivity contribution >= 4 is 21.6 Å². The summed E-state index contributed by atoms with van der Waals surface area (Å²) in [6.45, 7) is 0.345. The molecule has 0 bridgehead atoms. The molecule has 118 valence electrons. The van der Waals surface area contributed by atoms with E-state index < -0.39 is 38.0 Å². The quantitative estimate of drug-likeness (QED) is 0.717. The van der Waals surface area contributed by atoms with Crippen LogP contribution in [0.25, 0.3) is 0 Å². The van der Waals surface area contributed by atoms with E-state index in [4.69, 9.17) is 16.3 Å². The Bertz CT molecular complexity index is 620. The zero-order chi connectivity index (χ0) is 15.6. The predicted molar refractivity (Wildman–Crippen MR) is 74.7 cm³/mol. The minimum atomic E-state index is -4.04. The van der Waals surface area contributed by atoms with Crippen molar-refractivity contribution in [1.82, 2.24) is 4.31 Å². The molecule has 0 N–H and O–H groups in total. The molecule has 0 atom stereocenters. The van der Waals surface area contributed by atoms with E-state index in [0.717, 1.165) is 25.0 Å². The fraction of sp³-hybridized carbons (Fsp3) is 0.538. The highest BCUT2D eigenvalue weighted by atomic mass is 35.5. The minimum absolute atomic E-state index is 0.135. The van der Waals surface area contributed by atoms with Crippen molar-refractivity contribution in [3.05, 3.63) is 29.3 Å². The zero-order valence-electron chi connectivity index (χ0n) is 11.5. The maximum absolute atomic E-state index is 14.2. The number of methoxy groups -OCH3 is 1. The topological polar surface area (TPSA) is 46.6 Å². The van der Waals surface area contributed by atoms with Crippen LogP contribution in [0.1, 0.15) is 18.4 Å². The summed E-state index contributed by atoms with van der Waals surface area (Å²) in [6.07, 6.45) is 1.46. The summed E-state index contributed by atoms with van der Waals surface area (Å²) in [4.78, 5) is -0.539. The fourth-order valence-corrected chi connectivity index (χ4v) is 4.07. The highest BCUT2D eigenvalue weighted by Gasteiger charge is 2.39. The third-order valence-corrected chi connectivity index (χ3v) is 5.58. The smallest absolute Gasteiger partial charge is 0.246 e. The van der Waals surface area contributed by atoms with Crippen LogP contribution in [0.4, 0.5) is 8.78 Å². The lowest BCUT2D eigenvalue weighted by Gasteiger charge is -2.22. The van der Waals surface area contributed by atoms with E-state index in [0.29, 0.717) is 0 Å². The largest absolute Gasteiger partial charge is 0.383 e. The van der Waals surface area contributed by atoms with Crippen LogP contribution in [0.15, 0.2) is 17.0 Å². The molecular formula is C13H16ClF2NO3S. The molecule has 21 heavy (non-hydrogen) atoms. The Kier molecular flexibility index (Phi) is 5.19. The number of nitrogens with zero attached hydrogens (tertiary/aromatic N) is 1. The van der Waals surface area contributed by atoms with E-state index in [9.17, 15) is 17.2 Å². The number of rotatable bonds is 7. The Morgan fingerprint density at radius 1 is 1.38 bits per heavy atom. The van der Waals surface area contributed by atoms with Crippen LogP contribution in [-0.2, 0) is 20.6 Å². The third-order valence-electron chi connectivity index (χ3n) is 3.34. The molecule has 1 aromatic carbocycles. The number of hydrogen-bond donors (Lipinski definition) is 0. The van der Waals surface area contributed by atoms with Gasteiger partial charge in [0, 0.05) is 25.3 Å². The second kappa shape index (κ2) is 6.56. The number of sulfonamides is 1. The first-order valence-corrected chi connectivity index (χ1v) is 8.44. The first-order chi connectivity index (χ1) is 9.93. The molecule has 0 radical (unpaired) electrons. The maximum atomic E-state index is 14.2. The molecule has 0 aliphatic heterocycles. The van der Waals surface area contributed by atoms with E-state index in [1.54, 1.807) is 0 Å². The van der Waals surface area contributed by atoms with Gasteiger partial charge in [-0.1, -0.05) is 0 Å². The number of ether oxygens (including phenoxy) is 1. The fourth-order valence-electron chi connectivity index (χ4n) is 2.07. The van der Waals surface area contributed by atoms with E-state index >= 15 is 0 Å². The van der Waals surface area contributed by atoms with Gasteiger partial charge >= 0.3 is 0 Å². The number of hydrogen-bond acceptors (Lipinski definition) is 3. The summed E-state index contributed by atoms with van der Waals surface area (Å²) in [5, 5.41) is 0. The first kappa shape index (κ1) is 16.6. The molecule has 0 spiro atoms. The SMILES string of the molecule is COCCN(C1CC1)S(=O)(=O)c1ccc(F)c(CCl)c1F. The second-order valence-electron chi connectivity index (χ2n) is 4.81. The van der Waals surface area contributed by atoms with Gasteiger partial charge in [0.2, 0.25) is 10.0 Å². The summed E-state index contributed by atoms with van der Waals surface area (Å²) in [7, 11) is -2.58. The van der Waals surface area contributed by atoms with Crippen molar-refractivity contribution in [3.63, 3.8) is 0 Å². The summed E-state index contributed by atoms with van der Waals surface area (Å²) in [5.74, 6) is -2.40. The molecule has 4 nitrogen and oxygen atoms in total. The molecule has 0 aromatic heterocycles. The molecule has 1 saturated carbocycles. The molecule has 1 aromatic rings. The highest BCUT2D eigenvalue weighted by molar-refractivity contribution is 7.89. The summed E-state index contributed by atoms with van der Waals surface area (Å²) in [5.41, 5.74) is -0.430. The zero-order valence-corrected chi connectivity index (χ0v) is 13.1. The summed E-state index contributed by atoms with van der Waals surface area (Å²) < 4.78 is 59.0. The van der Waals surface area contributed by atoms with E-state index in [1.165, 1.54) is 11.4 Å². The Morgan fingerprint density at radius 2 is 2.05 bits per heavy atom. The van der Waals surface area contributed by atoms with Crippen molar-refractivity contribution < 1.29 is 21.9 Å². The van der Waals surface area contributed by atoms with Crippen LogP contribution < -0.4 is 0 Å². The molecule has 0 saturated heterocycles. The van der Waals surface area contributed by atoms with E-state index in [1.807, 2.05) is 0 Å². The maximum Gasteiger partial charge on any atom is 0.246 e. The Morgan fingerprint density at radius 3 is 2.57 bits per heavy atom. The van der Waals surface area contributed by atoms with Crippen LogP contribution in [-0.4, -0.2) is 39.0 Å². The van der Waals surface area contributed by atoms with Gasteiger partial charge in [-0.2, -0.15) is 4.31 Å². The van der Waals surface area contributed by atoms with Crippen molar-refractivity contribution in [2.45, 2.75) is 29.7 Å². The Balaban J connectivity index is 2.42. The lowest BCUT2D eigenvalue weighted by atomic mass is 10.2. The summed E-state index contributed by atoms with van der Waals surface area (Å²) in [6, 6.07) is 1.72. The molecule has 0 unspecified atom stereocenters. The van der Waals surface area contributed by atoms with Gasteiger partial charge in [-0.25, -0.2) is 17.2 Å². The lowest BCUT2D eigenvalue weighted by Crippen LogP contribution is -2.36. The molecule has 1 fully saturated rings. The third kappa shape index (κ3) is 3.36. The van der Waals surface area contributed by atoms with Gasteiger partial charge < -0.3 is 4.74 Å². The van der Waals surface area contributed by atoms with Gasteiger partial charge in [0.25, 0.3) is 0 Å². The van der Waals surface area contributed by atoms with Crippen LogP contribution in [0.3, 0.4) is 0 Å². The first-order valence-electron chi connectivity index (χ1n) is 6.47. The Hall–Kier alpha value is -0.760. The van der Waals surface area contributed by atoms with Crippen LogP contribution in [0.2, 0.25) is 0 Å². The average Bonchev–Trinajstić information content (AvgIpc) is 3.23. The monoisotopic (exact) mass is 339 g/mol. The molecule has 8 heteroatoms. The van der Waals surface area contributed by atoms with Gasteiger partial charge in [0.1, 0.15) is 10.7 Å². The van der Waals surface area contributed by atoms with Crippen LogP contribution >= 0.6 is 11.6 Å². The predicted octanol–water partition coefficient (Wildman–Crippen LogP) is 2.50. The van der Waals surface area contributed by atoms with Crippen LogP contribution in [0.5, 0.6) is 0 Å². The van der Waals surface area contributed by atoms with Crippen molar-refractivity contribution in [1.29, 1.82) is 0 Å². The second-order valence-corrected chi connectivity index (χ2v) is 6.94. The van der Waals surface area contributed by atoms with Crippen molar-refractivity contribution in [2.75, 3.05) is 20.3 Å². The minimum Gasteiger partial charge on any atom is -0.383 e. The number of benzene rings is 1. The van der Waals surface area contributed by atoms with Crippen LogP contribution in [0, 0.1) is 11.6 Å². The average molecular weight is 340 g/mol. The van der Waals surface area contributed by atoms with Gasteiger partial charge in [0.15, 0.2) is 5.82 Å². The molecular weight excluding hydrogens is 324 g/mol. The molecule has 1 aliphatic rings. The molecule has 0 heterocycles. The van der Waals surface area contributed by atoms with Gasteiger partial charge in [0.05, 0.1) is 12.5 Å². The van der Waals surface area contributed by atoms with Crippen molar-refractivity contribution in [2.24, 2.45) is 0 Å². The Labute approximate surface area is 127 Å². The van der Waals surface area contributed by atoms with E-state index in [2.05, 4.69) is 0 Å². The number of halogens is 3. The van der Waals surface area contributed by atoms with Gasteiger partial charge in [-0.05, 0) is 25.0 Å². The normalized spacial score (nSPS) is 15.7. The summed E-state index contributed by atoms with van der Waals surface area (Å²) >= 11 is 5.49. The lowest BCUT2D eigenvalue weighted by molar-refractivity contribution is 0.177. The number of alkyl halides is 1. The van der Waals surface area contributed by atoms with Gasteiger partial charge in [-0.15, -0.1) is 11.6 Å². The highest BCUT2D eigenvalue weighted by Crippen LogP contribution is 2.33.